The molecule has 352 valence electrons. The van der Waals surface area contributed by atoms with Crippen LogP contribution in [0, 0.1) is 23.2 Å². The number of hydrogen-bond acceptors (Lipinski definition) is 9. The highest BCUT2D eigenvalue weighted by Crippen LogP contribution is 2.51. The number of primary amides is 1. The first-order valence-electron chi connectivity index (χ1n) is 24.3. The summed E-state index contributed by atoms with van der Waals surface area (Å²) in [4.78, 5) is 71.9. The van der Waals surface area contributed by atoms with E-state index in [1.165, 1.54) is 55.8 Å². The molecule has 5 amide bonds. The third-order valence-electron chi connectivity index (χ3n) is 16.7. The monoisotopic (exact) mass is 899 g/mol. The number of carbonyl (C=O) groups is 4. The Bertz CT molecular complexity index is 2240. The molecule has 66 heavy (non-hydrogen) atoms. The van der Waals surface area contributed by atoms with Gasteiger partial charge in [-0.25, -0.2) is 19.6 Å². The Hall–Kier alpha value is -5.39. The molecule has 2 saturated heterocycles. The molecule has 3 heterocycles. The number of Topliss-reactive ketones (excluding diaryl/α,β-unsaturated/α-hetero) is 1. The standard InChI is InChI=1S/C29H36N6O2.C23H34N4O2/c1-33(2)29(23-9-4-3-5-10-23)14-12-28(13-15-29)21-34(27(37)35(28)19-22-7-6-8-22)20-25(36)17-24-11-16-31-26(18-30)32-24;1-25(2)23(19-9-4-3-5-10-19)13-11-22(12-14-23)17-26(16-20(24)28)21(29)27(22)15-18-7-6-8-18/h3-5,9-11,16,22H,6-8,12-15,17,19-21H2,1-2H3;3-5,9-10,18H,6-8,11-17H2,1-2H3,(H2,24,28). The Morgan fingerprint density at radius 1 is 0.682 bits per heavy atom. The normalized spacial score (nSPS) is 27.8. The Morgan fingerprint density at radius 3 is 1.50 bits per heavy atom. The lowest BCUT2D eigenvalue weighted by Gasteiger charge is -2.51. The van der Waals surface area contributed by atoms with Crippen LogP contribution in [0.3, 0.4) is 0 Å². The van der Waals surface area contributed by atoms with Gasteiger partial charge in [-0.3, -0.25) is 19.4 Å². The molecular weight excluding hydrogens is 829 g/mol. The topological polar surface area (TPSA) is 163 Å². The predicted molar refractivity (Wildman–Crippen MR) is 253 cm³/mol. The zero-order chi connectivity index (χ0) is 46.7. The van der Waals surface area contributed by atoms with Crippen LogP contribution in [0.2, 0.25) is 0 Å². The van der Waals surface area contributed by atoms with Crippen molar-refractivity contribution in [1.29, 1.82) is 5.26 Å². The molecule has 2 aromatic carbocycles. The van der Waals surface area contributed by atoms with E-state index in [4.69, 9.17) is 11.0 Å². The summed E-state index contributed by atoms with van der Waals surface area (Å²) in [6.07, 6.45) is 16.6. The van der Waals surface area contributed by atoms with Crippen LogP contribution in [0.15, 0.2) is 72.9 Å². The minimum Gasteiger partial charge on any atom is -0.368 e. The molecule has 4 saturated carbocycles. The van der Waals surface area contributed by atoms with Crippen molar-refractivity contribution in [3.05, 3.63) is 95.6 Å². The van der Waals surface area contributed by atoms with Gasteiger partial charge in [0.15, 0.2) is 5.78 Å². The fraction of sp³-hybridized carbons (Fsp3) is 0.596. The van der Waals surface area contributed by atoms with Gasteiger partial charge in [0.05, 0.1) is 29.7 Å². The second kappa shape index (κ2) is 19.4. The summed E-state index contributed by atoms with van der Waals surface area (Å²) in [5.74, 6) is 0.731. The van der Waals surface area contributed by atoms with Crippen molar-refractivity contribution in [1.82, 2.24) is 39.4 Å². The van der Waals surface area contributed by atoms with E-state index < -0.39 is 5.91 Å². The smallest absolute Gasteiger partial charge is 0.321 e. The lowest BCUT2D eigenvalue weighted by atomic mass is 9.68. The Kier molecular flexibility index (Phi) is 13.9. The average Bonchev–Trinajstić information content (AvgIpc) is 3.67. The number of nitriles is 1. The molecular formula is C52H70N10O4. The van der Waals surface area contributed by atoms with Crippen LogP contribution >= 0.6 is 0 Å². The highest BCUT2D eigenvalue weighted by atomic mass is 16.2. The summed E-state index contributed by atoms with van der Waals surface area (Å²) in [5, 5.41) is 9.05. The van der Waals surface area contributed by atoms with Crippen LogP contribution in [0.4, 0.5) is 9.59 Å². The largest absolute Gasteiger partial charge is 0.368 e. The SMILES string of the molecule is CN(C)C1(c2ccccc2)CCC2(CC1)CN(CC(=O)Cc1ccnc(C#N)n1)C(=O)N2CC1CCC1.CN(C)C1(c2ccccc2)CCC2(CC1)CN(CC(N)=O)C(=O)N2CC1CCC1. The zero-order valence-electron chi connectivity index (χ0n) is 39.7. The summed E-state index contributed by atoms with van der Waals surface area (Å²) in [6, 6.07) is 25.0. The highest BCUT2D eigenvalue weighted by Gasteiger charge is 2.56. The van der Waals surface area contributed by atoms with Gasteiger partial charge in [-0.05, 0) is 134 Å². The fourth-order valence-electron chi connectivity index (χ4n) is 12.2. The zero-order valence-corrected chi connectivity index (χ0v) is 39.7. The molecule has 2 spiro atoms. The number of rotatable bonds is 14. The lowest BCUT2D eigenvalue weighted by Crippen LogP contribution is -2.56. The van der Waals surface area contributed by atoms with E-state index in [0.29, 0.717) is 30.6 Å². The van der Waals surface area contributed by atoms with Crippen LogP contribution in [-0.2, 0) is 27.1 Å². The molecule has 3 aromatic rings. The summed E-state index contributed by atoms with van der Waals surface area (Å²) in [5.41, 5.74) is 8.18. The number of ketones is 1. The summed E-state index contributed by atoms with van der Waals surface area (Å²) in [7, 11) is 8.64. The van der Waals surface area contributed by atoms with Gasteiger partial charge in [-0.1, -0.05) is 73.5 Å². The van der Waals surface area contributed by atoms with Crippen LogP contribution in [0.25, 0.3) is 0 Å². The van der Waals surface area contributed by atoms with Gasteiger partial charge in [-0.2, -0.15) is 5.26 Å². The molecule has 0 bridgehead atoms. The Labute approximate surface area is 391 Å². The maximum Gasteiger partial charge on any atom is 0.321 e. The highest BCUT2D eigenvalue weighted by molar-refractivity contribution is 5.88. The summed E-state index contributed by atoms with van der Waals surface area (Å²) in [6.45, 7) is 2.94. The third kappa shape index (κ3) is 9.30. The molecule has 0 unspecified atom stereocenters. The summed E-state index contributed by atoms with van der Waals surface area (Å²) >= 11 is 0. The van der Waals surface area contributed by atoms with E-state index in [1.54, 1.807) is 15.9 Å². The number of aromatic nitrogens is 2. The van der Waals surface area contributed by atoms with E-state index in [9.17, 15) is 19.2 Å². The van der Waals surface area contributed by atoms with Crippen molar-refractivity contribution >= 4 is 23.8 Å². The lowest BCUT2D eigenvalue weighted by molar-refractivity contribution is -0.119. The first kappa shape index (κ1) is 47.1. The van der Waals surface area contributed by atoms with Crippen LogP contribution in [0.1, 0.15) is 113 Å². The van der Waals surface area contributed by atoms with Gasteiger partial charge >= 0.3 is 12.1 Å². The van der Waals surface area contributed by atoms with Gasteiger partial charge in [0.1, 0.15) is 12.6 Å². The molecule has 2 aliphatic heterocycles. The van der Waals surface area contributed by atoms with E-state index in [-0.39, 0.29) is 65.3 Å². The number of amides is 5. The van der Waals surface area contributed by atoms with E-state index in [1.807, 2.05) is 6.07 Å². The van der Waals surface area contributed by atoms with Crippen molar-refractivity contribution in [3.63, 3.8) is 0 Å². The molecule has 9 rings (SSSR count). The Morgan fingerprint density at radius 2 is 1.12 bits per heavy atom. The van der Waals surface area contributed by atoms with Crippen molar-refractivity contribution in [2.45, 2.75) is 118 Å². The quantitative estimate of drug-likeness (QED) is 0.189. The van der Waals surface area contributed by atoms with Gasteiger partial charge in [0.2, 0.25) is 11.7 Å². The van der Waals surface area contributed by atoms with Gasteiger partial charge in [-0.15, -0.1) is 0 Å². The predicted octanol–water partition coefficient (Wildman–Crippen LogP) is 6.55. The summed E-state index contributed by atoms with van der Waals surface area (Å²) < 4.78 is 0. The van der Waals surface area contributed by atoms with Gasteiger partial charge < -0.3 is 25.3 Å². The first-order chi connectivity index (χ1) is 31.7. The van der Waals surface area contributed by atoms with E-state index in [2.05, 4.69) is 118 Å². The molecule has 4 aliphatic carbocycles. The van der Waals surface area contributed by atoms with Crippen molar-refractivity contribution < 1.29 is 19.2 Å². The molecule has 0 atom stereocenters. The maximum absolute atomic E-state index is 13.7. The molecule has 0 radical (unpaired) electrons. The van der Waals surface area contributed by atoms with Gasteiger partial charge in [0.25, 0.3) is 0 Å². The Balaban J connectivity index is 0.000000185. The molecule has 14 nitrogen and oxygen atoms in total. The molecule has 6 fully saturated rings. The number of carbonyl (C=O) groups excluding carboxylic acids is 4. The maximum atomic E-state index is 13.7. The molecule has 1 aromatic heterocycles. The minimum absolute atomic E-state index is 0.00212. The van der Waals surface area contributed by atoms with Crippen molar-refractivity contribution in [2.75, 3.05) is 67.5 Å². The fourth-order valence-corrected chi connectivity index (χ4v) is 12.2. The molecule has 2 N–H and O–H groups in total. The number of benzene rings is 2. The minimum atomic E-state index is -0.429. The van der Waals surface area contributed by atoms with Crippen LogP contribution in [0.5, 0.6) is 0 Å². The van der Waals surface area contributed by atoms with E-state index in [0.717, 1.165) is 64.5 Å². The number of nitrogens with two attached hydrogens (primary N) is 1. The van der Waals surface area contributed by atoms with Crippen LogP contribution in [-0.4, -0.2) is 142 Å². The second-order valence-corrected chi connectivity index (χ2v) is 20.8. The third-order valence-corrected chi connectivity index (χ3v) is 16.7. The first-order valence-corrected chi connectivity index (χ1v) is 24.3. The van der Waals surface area contributed by atoms with Crippen molar-refractivity contribution in [3.8, 4) is 6.07 Å². The van der Waals surface area contributed by atoms with Crippen molar-refractivity contribution in [2.24, 2.45) is 17.6 Å². The molecule has 14 heteroatoms. The average molecular weight is 899 g/mol. The van der Waals surface area contributed by atoms with E-state index >= 15 is 0 Å². The van der Waals surface area contributed by atoms with Crippen LogP contribution < -0.4 is 5.73 Å². The number of hydrogen-bond donors (Lipinski definition) is 1. The molecule has 6 aliphatic rings. The second-order valence-electron chi connectivity index (χ2n) is 20.8. The van der Waals surface area contributed by atoms with Gasteiger partial charge in [0, 0.05) is 43.5 Å². The number of nitrogens with zero attached hydrogens (tertiary/aromatic N) is 9. The number of urea groups is 2.